The van der Waals surface area contributed by atoms with E-state index in [0.29, 0.717) is 15.9 Å². The molecule has 114 valence electrons. The third-order valence-electron chi connectivity index (χ3n) is 3.72. The molecule has 0 N–H and O–H groups in total. The van der Waals surface area contributed by atoms with Crippen molar-refractivity contribution in [3.05, 3.63) is 70.5 Å². The SMILES string of the molecule is Cc1cc(-n2cccc2)cc2nc(-c3ccc(Cl)cc3Cl)oc12. The Hall–Kier alpha value is -2.23. The Bertz CT molecular complexity index is 1000. The van der Waals surface area contributed by atoms with Gasteiger partial charge in [-0.3, -0.25) is 0 Å². The highest BCUT2D eigenvalue weighted by atomic mass is 35.5. The molecule has 3 nitrogen and oxygen atoms in total. The van der Waals surface area contributed by atoms with Crippen LogP contribution in [0.5, 0.6) is 0 Å². The Morgan fingerprint density at radius 2 is 1.83 bits per heavy atom. The minimum absolute atomic E-state index is 0.495. The Kier molecular flexibility index (Phi) is 3.40. The van der Waals surface area contributed by atoms with E-state index in [1.807, 2.05) is 48.1 Å². The molecule has 0 aliphatic heterocycles. The third-order valence-corrected chi connectivity index (χ3v) is 4.27. The van der Waals surface area contributed by atoms with E-state index in [4.69, 9.17) is 27.6 Å². The second-order valence-corrected chi connectivity index (χ2v) is 6.19. The number of halogens is 2. The van der Waals surface area contributed by atoms with Gasteiger partial charge in [0.05, 0.1) is 10.6 Å². The van der Waals surface area contributed by atoms with Gasteiger partial charge in [-0.1, -0.05) is 23.2 Å². The van der Waals surface area contributed by atoms with E-state index in [9.17, 15) is 0 Å². The van der Waals surface area contributed by atoms with Crippen molar-refractivity contribution in [3.63, 3.8) is 0 Å². The molecule has 0 atom stereocenters. The van der Waals surface area contributed by atoms with Crippen LogP contribution >= 0.6 is 23.2 Å². The van der Waals surface area contributed by atoms with E-state index in [2.05, 4.69) is 11.1 Å². The molecule has 0 unspecified atom stereocenters. The minimum Gasteiger partial charge on any atom is -0.436 e. The van der Waals surface area contributed by atoms with E-state index in [1.165, 1.54) is 0 Å². The topological polar surface area (TPSA) is 31.0 Å². The number of aryl methyl sites for hydroxylation is 1. The molecule has 0 spiro atoms. The van der Waals surface area contributed by atoms with Gasteiger partial charge in [-0.25, -0.2) is 4.98 Å². The van der Waals surface area contributed by atoms with Crippen molar-refractivity contribution in [3.8, 4) is 17.1 Å². The molecule has 0 radical (unpaired) electrons. The molecule has 2 aromatic heterocycles. The molecule has 4 aromatic rings. The fraction of sp³-hybridized carbons (Fsp3) is 0.0556. The molecule has 0 fully saturated rings. The summed E-state index contributed by atoms with van der Waals surface area (Å²) >= 11 is 12.2. The Balaban J connectivity index is 1.89. The molecule has 23 heavy (non-hydrogen) atoms. The van der Waals surface area contributed by atoms with Crippen molar-refractivity contribution in [2.24, 2.45) is 0 Å². The Morgan fingerprint density at radius 3 is 2.57 bits per heavy atom. The van der Waals surface area contributed by atoms with Gasteiger partial charge in [-0.15, -0.1) is 0 Å². The van der Waals surface area contributed by atoms with Gasteiger partial charge in [0.2, 0.25) is 5.89 Å². The summed E-state index contributed by atoms with van der Waals surface area (Å²) in [5.74, 6) is 0.495. The van der Waals surface area contributed by atoms with Gasteiger partial charge < -0.3 is 8.98 Å². The summed E-state index contributed by atoms with van der Waals surface area (Å²) in [5.41, 5.74) is 4.36. The van der Waals surface area contributed by atoms with Crippen LogP contribution in [0.1, 0.15) is 5.56 Å². The van der Waals surface area contributed by atoms with Gasteiger partial charge in [-0.2, -0.15) is 0 Å². The number of nitrogens with zero attached hydrogens (tertiary/aromatic N) is 2. The largest absolute Gasteiger partial charge is 0.436 e. The number of hydrogen-bond acceptors (Lipinski definition) is 2. The summed E-state index contributed by atoms with van der Waals surface area (Å²) in [6, 6.07) is 13.3. The zero-order chi connectivity index (χ0) is 16.0. The van der Waals surface area contributed by atoms with Crippen molar-refractivity contribution >= 4 is 34.3 Å². The van der Waals surface area contributed by atoms with Crippen LogP contribution < -0.4 is 0 Å². The number of benzene rings is 2. The first kappa shape index (κ1) is 14.4. The van der Waals surface area contributed by atoms with E-state index in [1.54, 1.807) is 12.1 Å². The first-order valence-corrected chi connectivity index (χ1v) is 7.87. The zero-order valence-electron chi connectivity index (χ0n) is 12.3. The fourth-order valence-corrected chi connectivity index (χ4v) is 3.10. The van der Waals surface area contributed by atoms with E-state index in [0.717, 1.165) is 27.9 Å². The Morgan fingerprint density at radius 1 is 1.04 bits per heavy atom. The summed E-state index contributed by atoms with van der Waals surface area (Å²) < 4.78 is 7.97. The number of oxazole rings is 1. The van der Waals surface area contributed by atoms with E-state index < -0.39 is 0 Å². The quantitative estimate of drug-likeness (QED) is 0.454. The predicted molar refractivity (Wildman–Crippen MR) is 93.5 cm³/mol. The van der Waals surface area contributed by atoms with E-state index >= 15 is 0 Å². The maximum absolute atomic E-state index is 6.26. The van der Waals surface area contributed by atoms with Gasteiger partial charge in [0.15, 0.2) is 5.58 Å². The molecular weight excluding hydrogens is 331 g/mol. The average molecular weight is 343 g/mol. The van der Waals surface area contributed by atoms with Crippen LogP contribution in [0.25, 0.3) is 28.2 Å². The van der Waals surface area contributed by atoms with E-state index in [-0.39, 0.29) is 0 Å². The standard InChI is InChI=1S/C18H12Cl2N2O/c1-11-8-13(22-6-2-3-7-22)10-16-17(11)23-18(21-16)14-5-4-12(19)9-15(14)20/h2-10H,1H3. The normalized spacial score (nSPS) is 11.3. The molecule has 0 saturated heterocycles. The predicted octanol–water partition coefficient (Wildman–Crippen LogP) is 5.90. The highest BCUT2D eigenvalue weighted by Gasteiger charge is 2.14. The monoisotopic (exact) mass is 342 g/mol. The molecule has 5 heteroatoms. The number of hydrogen-bond donors (Lipinski definition) is 0. The summed E-state index contributed by atoms with van der Waals surface area (Å²) in [6.45, 7) is 2.01. The van der Waals surface area contributed by atoms with Crippen LogP contribution in [0.4, 0.5) is 0 Å². The van der Waals surface area contributed by atoms with Crippen LogP contribution in [-0.2, 0) is 0 Å². The first-order chi connectivity index (χ1) is 11.1. The lowest BCUT2D eigenvalue weighted by Gasteiger charge is -2.03. The zero-order valence-corrected chi connectivity index (χ0v) is 13.8. The number of aromatic nitrogens is 2. The van der Waals surface area contributed by atoms with Crippen LogP contribution in [0.3, 0.4) is 0 Å². The van der Waals surface area contributed by atoms with Crippen LogP contribution in [0.15, 0.2) is 59.3 Å². The molecule has 4 rings (SSSR count). The molecule has 0 aliphatic carbocycles. The summed E-state index contributed by atoms with van der Waals surface area (Å²) in [6.07, 6.45) is 4.00. The van der Waals surface area contributed by atoms with Gasteiger partial charge in [0, 0.05) is 23.1 Å². The van der Waals surface area contributed by atoms with Crippen molar-refractivity contribution in [1.29, 1.82) is 0 Å². The lowest BCUT2D eigenvalue weighted by atomic mass is 10.2. The summed E-state index contributed by atoms with van der Waals surface area (Å²) in [7, 11) is 0. The highest BCUT2D eigenvalue weighted by molar-refractivity contribution is 6.36. The molecular formula is C18H12Cl2N2O. The molecule has 2 heterocycles. The van der Waals surface area contributed by atoms with Crippen molar-refractivity contribution in [2.45, 2.75) is 6.92 Å². The van der Waals surface area contributed by atoms with Crippen LogP contribution in [0, 0.1) is 6.92 Å². The molecule has 0 bridgehead atoms. The van der Waals surface area contributed by atoms with Crippen molar-refractivity contribution in [2.75, 3.05) is 0 Å². The minimum atomic E-state index is 0.495. The van der Waals surface area contributed by atoms with Crippen molar-refractivity contribution in [1.82, 2.24) is 9.55 Å². The Labute approximate surface area is 143 Å². The van der Waals surface area contributed by atoms with Crippen molar-refractivity contribution < 1.29 is 4.42 Å². The summed E-state index contributed by atoms with van der Waals surface area (Å²) in [5, 5.41) is 1.10. The number of rotatable bonds is 2. The second-order valence-electron chi connectivity index (χ2n) is 5.34. The highest BCUT2D eigenvalue weighted by Crippen LogP contribution is 2.33. The lowest BCUT2D eigenvalue weighted by molar-refractivity contribution is 0.617. The number of fused-ring (bicyclic) bond motifs is 1. The molecule has 0 aliphatic rings. The lowest BCUT2D eigenvalue weighted by Crippen LogP contribution is -1.90. The molecule has 0 saturated carbocycles. The maximum Gasteiger partial charge on any atom is 0.228 e. The fourth-order valence-electron chi connectivity index (χ4n) is 2.62. The summed E-state index contributed by atoms with van der Waals surface area (Å²) in [4.78, 5) is 4.60. The first-order valence-electron chi connectivity index (χ1n) is 7.12. The average Bonchev–Trinajstić information content (AvgIpc) is 3.16. The molecule has 2 aromatic carbocycles. The van der Waals surface area contributed by atoms with Gasteiger partial charge in [-0.05, 0) is 55.0 Å². The van der Waals surface area contributed by atoms with Gasteiger partial charge in [0.1, 0.15) is 5.52 Å². The van der Waals surface area contributed by atoms with Gasteiger partial charge in [0.25, 0.3) is 0 Å². The smallest absolute Gasteiger partial charge is 0.228 e. The van der Waals surface area contributed by atoms with Crippen LogP contribution in [0.2, 0.25) is 10.0 Å². The maximum atomic E-state index is 6.26. The third kappa shape index (κ3) is 2.52. The second kappa shape index (κ2) is 5.44. The molecule has 0 amide bonds. The van der Waals surface area contributed by atoms with Crippen LogP contribution in [-0.4, -0.2) is 9.55 Å². The van der Waals surface area contributed by atoms with Gasteiger partial charge >= 0.3 is 0 Å².